The summed E-state index contributed by atoms with van der Waals surface area (Å²) in [4.78, 5) is 2.52. The molecule has 2 nitrogen and oxygen atoms in total. The fourth-order valence-electron chi connectivity index (χ4n) is 2.73. The normalized spacial score (nSPS) is 25.4. The minimum absolute atomic E-state index is 0.390. The molecule has 1 heterocycles. The van der Waals surface area contributed by atoms with Gasteiger partial charge in [-0.05, 0) is 48.2 Å². The number of rotatable bonds is 3. The first-order chi connectivity index (χ1) is 8.13. The number of likely N-dealkylation sites (tertiary alicyclic amines) is 1. The van der Waals surface area contributed by atoms with E-state index in [1.807, 2.05) is 18.2 Å². The maximum Gasteiger partial charge on any atom is 0.134 e. The first kappa shape index (κ1) is 12.9. The Morgan fingerprint density at radius 3 is 2.88 bits per heavy atom. The highest BCUT2D eigenvalue weighted by Gasteiger charge is 2.29. The van der Waals surface area contributed by atoms with Crippen LogP contribution in [0, 0.1) is 0 Å². The Bertz CT molecular complexity index is 394. The summed E-state index contributed by atoms with van der Waals surface area (Å²) in [6, 6.07) is 7.17. The number of phenolic OH excluding ortho intramolecular Hbond substituents is 1. The van der Waals surface area contributed by atoms with Gasteiger partial charge in [-0.1, -0.05) is 19.1 Å². The lowest BCUT2D eigenvalue weighted by atomic mass is 10.1. The van der Waals surface area contributed by atoms with Crippen LogP contribution < -0.4 is 0 Å². The number of halogens is 1. The Hall–Kier alpha value is -0.540. The molecule has 1 aromatic rings. The van der Waals surface area contributed by atoms with Crippen molar-refractivity contribution in [1.82, 2.24) is 4.90 Å². The van der Waals surface area contributed by atoms with Crippen molar-refractivity contribution in [3.8, 4) is 5.75 Å². The highest BCUT2D eigenvalue weighted by atomic mass is 79.9. The van der Waals surface area contributed by atoms with Crippen LogP contribution in [0.25, 0.3) is 0 Å². The molecule has 0 bridgehead atoms. The number of hydrogen-bond donors (Lipinski definition) is 1. The summed E-state index contributed by atoms with van der Waals surface area (Å²) in [5.41, 5.74) is 1.02. The molecule has 0 amide bonds. The van der Waals surface area contributed by atoms with Crippen molar-refractivity contribution in [2.24, 2.45) is 0 Å². The lowest BCUT2D eigenvalue weighted by Crippen LogP contribution is -2.33. The second-order valence-electron chi connectivity index (χ2n) is 4.91. The largest absolute Gasteiger partial charge is 0.506 e. The first-order valence-corrected chi connectivity index (χ1v) is 7.14. The van der Waals surface area contributed by atoms with Gasteiger partial charge in [-0.15, -0.1) is 0 Å². The molecule has 0 aromatic heterocycles. The van der Waals surface area contributed by atoms with Crippen LogP contribution in [0.3, 0.4) is 0 Å². The quantitative estimate of drug-likeness (QED) is 0.914. The van der Waals surface area contributed by atoms with Gasteiger partial charge in [0.25, 0.3) is 0 Å². The minimum atomic E-state index is 0.390. The fraction of sp³-hybridized carbons (Fsp3) is 0.571. The Morgan fingerprint density at radius 2 is 2.18 bits per heavy atom. The van der Waals surface area contributed by atoms with Gasteiger partial charge < -0.3 is 5.11 Å². The molecule has 0 radical (unpaired) electrons. The minimum Gasteiger partial charge on any atom is -0.506 e. The maximum absolute atomic E-state index is 10.0. The Morgan fingerprint density at radius 1 is 1.41 bits per heavy atom. The molecule has 0 saturated carbocycles. The van der Waals surface area contributed by atoms with Gasteiger partial charge in [0.15, 0.2) is 0 Å². The van der Waals surface area contributed by atoms with E-state index < -0.39 is 0 Å². The van der Waals surface area contributed by atoms with Crippen molar-refractivity contribution in [2.45, 2.75) is 51.7 Å². The molecule has 1 aliphatic heterocycles. The fourth-order valence-corrected chi connectivity index (χ4v) is 3.14. The Balaban J connectivity index is 2.17. The molecule has 2 unspecified atom stereocenters. The van der Waals surface area contributed by atoms with Crippen LogP contribution in [0.4, 0.5) is 0 Å². The van der Waals surface area contributed by atoms with Gasteiger partial charge in [-0.25, -0.2) is 0 Å². The average molecular weight is 298 g/mol. The molecule has 1 saturated heterocycles. The van der Waals surface area contributed by atoms with Crippen LogP contribution in [0.15, 0.2) is 22.7 Å². The highest BCUT2D eigenvalue weighted by molar-refractivity contribution is 9.10. The van der Waals surface area contributed by atoms with Gasteiger partial charge in [-0.2, -0.15) is 0 Å². The number of benzene rings is 1. The van der Waals surface area contributed by atoms with Crippen molar-refractivity contribution in [3.63, 3.8) is 0 Å². The summed E-state index contributed by atoms with van der Waals surface area (Å²) < 4.78 is 0.787. The zero-order valence-corrected chi connectivity index (χ0v) is 12.1. The van der Waals surface area contributed by atoms with E-state index in [0.29, 0.717) is 17.8 Å². The van der Waals surface area contributed by atoms with Crippen molar-refractivity contribution in [3.05, 3.63) is 28.2 Å². The summed E-state index contributed by atoms with van der Waals surface area (Å²) >= 11 is 3.37. The van der Waals surface area contributed by atoms with E-state index in [0.717, 1.165) is 16.6 Å². The molecule has 0 aliphatic carbocycles. The van der Waals surface area contributed by atoms with Gasteiger partial charge >= 0.3 is 0 Å². The molecule has 1 aromatic carbocycles. The van der Waals surface area contributed by atoms with Gasteiger partial charge in [-0.3, -0.25) is 4.90 Å². The summed E-state index contributed by atoms with van der Waals surface area (Å²) in [6.07, 6.45) is 3.75. The van der Waals surface area contributed by atoms with Gasteiger partial charge in [0.05, 0.1) is 4.47 Å². The monoisotopic (exact) mass is 297 g/mol. The van der Waals surface area contributed by atoms with E-state index in [2.05, 4.69) is 34.7 Å². The zero-order chi connectivity index (χ0) is 12.4. The standard InChI is InChI=1S/C14H20BrNO/c1-3-12-8-7-10(2)16(12)9-11-5-4-6-13(15)14(11)17/h4-6,10,12,17H,3,7-9H2,1-2H3. The molecule has 1 N–H and O–H groups in total. The summed E-state index contributed by atoms with van der Waals surface area (Å²) in [7, 11) is 0. The average Bonchev–Trinajstić information content (AvgIpc) is 2.66. The lowest BCUT2D eigenvalue weighted by molar-refractivity contribution is 0.187. The van der Waals surface area contributed by atoms with Crippen molar-refractivity contribution < 1.29 is 5.11 Å². The predicted molar refractivity (Wildman–Crippen MR) is 74.1 cm³/mol. The molecular weight excluding hydrogens is 278 g/mol. The van der Waals surface area contributed by atoms with Crippen molar-refractivity contribution >= 4 is 15.9 Å². The Labute approximate surface area is 112 Å². The smallest absolute Gasteiger partial charge is 0.134 e. The van der Waals surface area contributed by atoms with Crippen molar-refractivity contribution in [1.29, 1.82) is 0 Å². The highest BCUT2D eigenvalue weighted by Crippen LogP contribution is 2.33. The van der Waals surface area contributed by atoms with Crippen LogP contribution in [0.5, 0.6) is 5.75 Å². The van der Waals surface area contributed by atoms with E-state index in [-0.39, 0.29) is 0 Å². The SMILES string of the molecule is CCC1CCC(C)N1Cc1cccc(Br)c1O. The van der Waals surface area contributed by atoms with Crippen LogP contribution in [0.2, 0.25) is 0 Å². The molecule has 94 valence electrons. The van der Waals surface area contributed by atoms with Gasteiger partial charge in [0.2, 0.25) is 0 Å². The van der Waals surface area contributed by atoms with Crippen molar-refractivity contribution in [2.75, 3.05) is 0 Å². The van der Waals surface area contributed by atoms with E-state index in [4.69, 9.17) is 0 Å². The second-order valence-corrected chi connectivity index (χ2v) is 5.76. The third-order valence-electron chi connectivity index (χ3n) is 3.85. The third kappa shape index (κ3) is 2.66. The van der Waals surface area contributed by atoms with E-state index in [1.54, 1.807) is 0 Å². The summed E-state index contributed by atoms with van der Waals surface area (Å²) in [5.74, 6) is 0.390. The van der Waals surface area contributed by atoms with E-state index >= 15 is 0 Å². The number of para-hydroxylation sites is 1. The number of phenols is 1. The number of hydrogen-bond acceptors (Lipinski definition) is 2. The zero-order valence-electron chi connectivity index (χ0n) is 10.5. The maximum atomic E-state index is 10.0. The van der Waals surface area contributed by atoms with E-state index in [9.17, 15) is 5.11 Å². The summed E-state index contributed by atoms with van der Waals surface area (Å²) in [6.45, 7) is 5.38. The third-order valence-corrected chi connectivity index (χ3v) is 4.49. The van der Waals surface area contributed by atoms with Crippen LogP contribution in [-0.4, -0.2) is 22.1 Å². The number of aromatic hydroxyl groups is 1. The topological polar surface area (TPSA) is 23.5 Å². The van der Waals surface area contributed by atoms with Crippen LogP contribution in [0.1, 0.15) is 38.7 Å². The van der Waals surface area contributed by atoms with Gasteiger partial charge in [0.1, 0.15) is 5.75 Å². The van der Waals surface area contributed by atoms with Crippen LogP contribution >= 0.6 is 15.9 Å². The molecule has 17 heavy (non-hydrogen) atoms. The molecule has 3 heteroatoms. The first-order valence-electron chi connectivity index (χ1n) is 6.35. The lowest BCUT2D eigenvalue weighted by Gasteiger charge is -2.28. The Kier molecular flexibility index (Phi) is 4.10. The molecule has 2 atom stereocenters. The predicted octanol–water partition coefficient (Wildman–Crippen LogP) is 3.92. The molecule has 1 fully saturated rings. The van der Waals surface area contributed by atoms with E-state index in [1.165, 1.54) is 19.3 Å². The van der Waals surface area contributed by atoms with Gasteiger partial charge in [0, 0.05) is 24.2 Å². The summed E-state index contributed by atoms with van der Waals surface area (Å²) in [5, 5.41) is 10.0. The second kappa shape index (κ2) is 5.40. The molecule has 1 aliphatic rings. The molecule has 0 spiro atoms. The molecular formula is C14H20BrNO. The number of nitrogens with zero attached hydrogens (tertiary/aromatic N) is 1. The van der Waals surface area contributed by atoms with Crippen LogP contribution in [-0.2, 0) is 6.54 Å². The molecule has 2 rings (SSSR count).